The number of carbonyl (C=O) groups excluding carboxylic acids is 2. The summed E-state index contributed by atoms with van der Waals surface area (Å²) in [7, 11) is 0. The van der Waals surface area contributed by atoms with Crippen LogP contribution in [0.1, 0.15) is 41.2 Å². The molecule has 2 amide bonds. The third-order valence-electron chi connectivity index (χ3n) is 3.19. The SMILES string of the molecule is CCC(C)NC(=O)c1ccc(NC(=O)c2ccc(Br)o2)cc1. The summed E-state index contributed by atoms with van der Waals surface area (Å²) in [6.07, 6.45) is 0.874. The highest BCUT2D eigenvalue weighted by molar-refractivity contribution is 9.10. The first-order valence-corrected chi connectivity index (χ1v) is 7.76. The molecule has 0 radical (unpaired) electrons. The maximum atomic E-state index is 12.0. The lowest BCUT2D eigenvalue weighted by Crippen LogP contribution is -2.31. The zero-order valence-corrected chi connectivity index (χ0v) is 13.9. The monoisotopic (exact) mass is 364 g/mol. The van der Waals surface area contributed by atoms with Crippen molar-refractivity contribution in [3.63, 3.8) is 0 Å². The maximum absolute atomic E-state index is 12.0. The molecule has 0 aliphatic rings. The molecular formula is C16H17BrN2O3. The van der Waals surface area contributed by atoms with Crippen LogP contribution in [0.5, 0.6) is 0 Å². The molecule has 0 saturated heterocycles. The van der Waals surface area contributed by atoms with Crippen LogP contribution in [0, 0.1) is 0 Å². The van der Waals surface area contributed by atoms with E-state index in [2.05, 4.69) is 26.6 Å². The van der Waals surface area contributed by atoms with Crippen LogP contribution >= 0.6 is 15.9 Å². The molecule has 0 saturated carbocycles. The van der Waals surface area contributed by atoms with Gasteiger partial charge in [0.1, 0.15) is 0 Å². The Labute approximate surface area is 137 Å². The molecule has 1 heterocycles. The Morgan fingerprint density at radius 1 is 1.14 bits per heavy atom. The molecule has 22 heavy (non-hydrogen) atoms. The normalized spacial score (nSPS) is 11.8. The van der Waals surface area contributed by atoms with Crippen molar-refractivity contribution in [2.24, 2.45) is 0 Å². The summed E-state index contributed by atoms with van der Waals surface area (Å²) in [5.74, 6) is -0.254. The van der Waals surface area contributed by atoms with Crippen molar-refractivity contribution in [3.8, 4) is 0 Å². The quantitative estimate of drug-likeness (QED) is 0.846. The first-order valence-electron chi connectivity index (χ1n) is 6.97. The van der Waals surface area contributed by atoms with E-state index in [1.807, 2.05) is 13.8 Å². The largest absolute Gasteiger partial charge is 0.444 e. The number of anilines is 1. The minimum Gasteiger partial charge on any atom is -0.444 e. The van der Waals surface area contributed by atoms with E-state index in [0.29, 0.717) is 15.9 Å². The third-order valence-corrected chi connectivity index (χ3v) is 3.62. The number of rotatable bonds is 5. The molecule has 6 heteroatoms. The Hall–Kier alpha value is -2.08. The van der Waals surface area contributed by atoms with E-state index >= 15 is 0 Å². The van der Waals surface area contributed by atoms with Gasteiger partial charge in [0, 0.05) is 17.3 Å². The van der Waals surface area contributed by atoms with Gasteiger partial charge in [-0.25, -0.2) is 0 Å². The first kappa shape index (κ1) is 16.3. The van der Waals surface area contributed by atoms with Gasteiger partial charge in [-0.2, -0.15) is 0 Å². The average Bonchev–Trinajstić information content (AvgIpc) is 2.94. The number of amides is 2. The van der Waals surface area contributed by atoms with Crippen molar-refractivity contribution < 1.29 is 14.0 Å². The fraction of sp³-hybridized carbons (Fsp3) is 0.250. The van der Waals surface area contributed by atoms with Crippen molar-refractivity contribution in [2.45, 2.75) is 26.3 Å². The second-order valence-electron chi connectivity index (χ2n) is 4.92. The van der Waals surface area contributed by atoms with Gasteiger partial charge in [-0.05, 0) is 65.7 Å². The molecule has 0 bridgehead atoms. The van der Waals surface area contributed by atoms with E-state index in [4.69, 9.17) is 4.42 Å². The van der Waals surface area contributed by atoms with Gasteiger partial charge in [0.05, 0.1) is 0 Å². The molecule has 1 aromatic heterocycles. The minimum absolute atomic E-state index is 0.123. The lowest BCUT2D eigenvalue weighted by atomic mass is 10.1. The number of halogens is 1. The summed E-state index contributed by atoms with van der Waals surface area (Å²) in [4.78, 5) is 23.9. The summed E-state index contributed by atoms with van der Waals surface area (Å²) in [5.41, 5.74) is 1.15. The molecule has 1 atom stereocenters. The molecule has 2 aromatic rings. The Kier molecular flexibility index (Phi) is 5.38. The van der Waals surface area contributed by atoms with Crippen LogP contribution in [-0.2, 0) is 0 Å². The molecule has 1 aromatic carbocycles. The molecule has 0 aliphatic heterocycles. The number of benzene rings is 1. The maximum Gasteiger partial charge on any atom is 0.291 e. The summed E-state index contributed by atoms with van der Waals surface area (Å²) in [6.45, 7) is 3.96. The van der Waals surface area contributed by atoms with Crippen LogP contribution in [-0.4, -0.2) is 17.9 Å². The van der Waals surface area contributed by atoms with Crippen molar-refractivity contribution >= 4 is 33.4 Å². The molecule has 116 valence electrons. The van der Waals surface area contributed by atoms with Crippen molar-refractivity contribution in [3.05, 3.63) is 52.4 Å². The van der Waals surface area contributed by atoms with Crippen LogP contribution < -0.4 is 10.6 Å². The van der Waals surface area contributed by atoms with Crippen molar-refractivity contribution in [1.82, 2.24) is 5.32 Å². The lowest BCUT2D eigenvalue weighted by molar-refractivity contribution is 0.0938. The Morgan fingerprint density at radius 2 is 1.82 bits per heavy atom. The van der Waals surface area contributed by atoms with Crippen LogP contribution in [0.15, 0.2) is 45.5 Å². The smallest absolute Gasteiger partial charge is 0.291 e. The average molecular weight is 365 g/mol. The Bertz CT molecular complexity index is 664. The molecule has 2 rings (SSSR count). The molecule has 1 unspecified atom stereocenters. The van der Waals surface area contributed by atoms with Crippen LogP contribution in [0.25, 0.3) is 0 Å². The van der Waals surface area contributed by atoms with E-state index in [1.54, 1.807) is 36.4 Å². The molecule has 0 spiro atoms. The molecule has 0 fully saturated rings. The van der Waals surface area contributed by atoms with E-state index in [1.165, 1.54) is 0 Å². The van der Waals surface area contributed by atoms with Gasteiger partial charge >= 0.3 is 0 Å². The zero-order valence-electron chi connectivity index (χ0n) is 12.4. The highest BCUT2D eigenvalue weighted by Crippen LogP contribution is 2.16. The second-order valence-corrected chi connectivity index (χ2v) is 5.70. The van der Waals surface area contributed by atoms with E-state index in [-0.39, 0.29) is 23.6 Å². The van der Waals surface area contributed by atoms with Gasteiger partial charge in [0.2, 0.25) is 0 Å². The highest BCUT2D eigenvalue weighted by atomic mass is 79.9. The number of hydrogen-bond acceptors (Lipinski definition) is 3. The zero-order chi connectivity index (χ0) is 16.1. The minimum atomic E-state index is -0.345. The third kappa shape index (κ3) is 4.21. The summed E-state index contributed by atoms with van der Waals surface area (Å²) in [5, 5.41) is 5.59. The number of nitrogens with one attached hydrogen (secondary N) is 2. The summed E-state index contributed by atoms with van der Waals surface area (Å²) < 4.78 is 5.67. The van der Waals surface area contributed by atoms with E-state index in [0.717, 1.165) is 6.42 Å². The van der Waals surface area contributed by atoms with Gasteiger partial charge in [-0.1, -0.05) is 6.92 Å². The Balaban J connectivity index is 2.00. The van der Waals surface area contributed by atoms with Crippen molar-refractivity contribution in [2.75, 3.05) is 5.32 Å². The van der Waals surface area contributed by atoms with Gasteiger partial charge in [0.25, 0.3) is 11.8 Å². The second kappa shape index (κ2) is 7.26. The predicted molar refractivity (Wildman–Crippen MR) is 88.0 cm³/mol. The standard InChI is InChI=1S/C16H17BrN2O3/c1-3-10(2)18-15(20)11-4-6-12(7-5-11)19-16(21)13-8-9-14(17)22-13/h4-10H,3H2,1-2H3,(H,18,20)(H,19,21). The van der Waals surface area contributed by atoms with Gasteiger partial charge in [-0.15, -0.1) is 0 Å². The first-order chi connectivity index (χ1) is 10.5. The topological polar surface area (TPSA) is 71.3 Å². The molecular weight excluding hydrogens is 348 g/mol. The van der Waals surface area contributed by atoms with E-state index in [9.17, 15) is 9.59 Å². The lowest BCUT2D eigenvalue weighted by Gasteiger charge is -2.11. The van der Waals surface area contributed by atoms with Crippen molar-refractivity contribution in [1.29, 1.82) is 0 Å². The van der Waals surface area contributed by atoms with Gasteiger partial charge < -0.3 is 15.1 Å². The summed E-state index contributed by atoms with van der Waals surface area (Å²) in [6, 6.07) is 10.1. The summed E-state index contributed by atoms with van der Waals surface area (Å²) >= 11 is 3.15. The molecule has 5 nitrogen and oxygen atoms in total. The van der Waals surface area contributed by atoms with Gasteiger partial charge in [-0.3, -0.25) is 9.59 Å². The fourth-order valence-electron chi connectivity index (χ4n) is 1.74. The number of furan rings is 1. The Morgan fingerprint density at radius 3 is 2.36 bits per heavy atom. The van der Waals surface area contributed by atoms with Crippen LogP contribution in [0.3, 0.4) is 0 Å². The molecule has 2 N–H and O–H groups in total. The number of carbonyl (C=O) groups is 2. The predicted octanol–water partition coefficient (Wildman–Crippen LogP) is 3.82. The van der Waals surface area contributed by atoms with Crippen LogP contribution in [0.2, 0.25) is 0 Å². The van der Waals surface area contributed by atoms with Crippen LogP contribution in [0.4, 0.5) is 5.69 Å². The fourth-order valence-corrected chi connectivity index (χ4v) is 2.05. The molecule has 0 aliphatic carbocycles. The number of hydrogen-bond donors (Lipinski definition) is 2. The van der Waals surface area contributed by atoms with E-state index < -0.39 is 0 Å². The highest BCUT2D eigenvalue weighted by Gasteiger charge is 2.12. The van der Waals surface area contributed by atoms with Gasteiger partial charge in [0.15, 0.2) is 10.4 Å².